The van der Waals surface area contributed by atoms with Gasteiger partial charge in [-0.3, -0.25) is 9.78 Å². The smallest absolute Gasteiger partial charge is 0.210 e. The molecule has 2 unspecified atom stereocenters. The molecule has 1 amide bonds. The Morgan fingerprint density at radius 1 is 1.24 bits per heavy atom. The highest BCUT2D eigenvalue weighted by molar-refractivity contribution is 6.30. The van der Waals surface area contributed by atoms with E-state index in [-0.39, 0.29) is 18.5 Å². The van der Waals surface area contributed by atoms with E-state index >= 15 is 0 Å². The average molecular weight is 364 g/mol. The number of hydrogen-bond donors (Lipinski definition) is 0. The molecule has 2 aliphatic heterocycles. The first-order valence-corrected chi connectivity index (χ1v) is 8.80. The SMILES string of the molecule is O=CN1CC(F)C1C1CCN(c2cnccc2-n2cc(Cl)cn2)CC1. The number of rotatable bonds is 4. The summed E-state index contributed by atoms with van der Waals surface area (Å²) in [5.74, 6) is 0.212. The molecule has 4 rings (SSSR count). The fraction of sp³-hybridized carbons (Fsp3) is 0.471. The van der Waals surface area contributed by atoms with Crippen molar-refractivity contribution in [3.8, 4) is 5.69 Å². The molecular formula is C17H19ClFN5O. The number of alkyl halides is 1. The Labute approximate surface area is 150 Å². The van der Waals surface area contributed by atoms with Gasteiger partial charge >= 0.3 is 0 Å². The fourth-order valence-corrected chi connectivity index (χ4v) is 4.05. The van der Waals surface area contributed by atoms with E-state index in [9.17, 15) is 9.18 Å². The Kier molecular flexibility index (Phi) is 4.33. The van der Waals surface area contributed by atoms with E-state index in [1.165, 1.54) is 0 Å². The number of hydrogen-bond acceptors (Lipinski definition) is 4. The Balaban J connectivity index is 1.49. The molecule has 0 spiro atoms. The number of halogens is 2. The van der Waals surface area contributed by atoms with Gasteiger partial charge in [0.2, 0.25) is 6.41 Å². The molecular weight excluding hydrogens is 345 g/mol. The van der Waals surface area contributed by atoms with Gasteiger partial charge in [-0.2, -0.15) is 5.10 Å². The molecule has 0 N–H and O–H groups in total. The third-order valence-corrected chi connectivity index (χ3v) is 5.41. The Morgan fingerprint density at radius 3 is 2.68 bits per heavy atom. The average Bonchev–Trinajstić information content (AvgIpc) is 3.06. The molecule has 6 nitrogen and oxygen atoms in total. The first-order chi connectivity index (χ1) is 12.2. The summed E-state index contributed by atoms with van der Waals surface area (Å²) in [7, 11) is 0. The predicted octanol–water partition coefficient (Wildman–Crippen LogP) is 2.32. The Bertz CT molecular complexity index is 761. The highest BCUT2D eigenvalue weighted by Gasteiger charge is 2.44. The number of carbonyl (C=O) groups excluding carboxylic acids is 1. The van der Waals surface area contributed by atoms with Crippen LogP contribution in [0.15, 0.2) is 30.9 Å². The van der Waals surface area contributed by atoms with Gasteiger partial charge in [0.25, 0.3) is 0 Å². The summed E-state index contributed by atoms with van der Waals surface area (Å²) >= 11 is 5.98. The summed E-state index contributed by atoms with van der Waals surface area (Å²) in [6, 6.07) is 1.65. The molecule has 0 bridgehead atoms. The lowest BCUT2D eigenvalue weighted by Gasteiger charge is -2.48. The zero-order chi connectivity index (χ0) is 17.4. The van der Waals surface area contributed by atoms with E-state index < -0.39 is 6.17 Å². The van der Waals surface area contributed by atoms with Crippen LogP contribution < -0.4 is 4.90 Å². The van der Waals surface area contributed by atoms with Gasteiger partial charge in [-0.1, -0.05) is 11.6 Å². The number of carbonyl (C=O) groups is 1. The number of anilines is 1. The number of nitrogens with zero attached hydrogens (tertiary/aromatic N) is 5. The second-order valence-electron chi connectivity index (χ2n) is 6.60. The molecule has 2 aromatic heterocycles. The summed E-state index contributed by atoms with van der Waals surface area (Å²) in [6.45, 7) is 1.84. The van der Waals surface area contributed by atoms with E-state index in [0.717, 1.165) is 43.7 Å². The van der Waals surface area contributed by atoms with E-state index in [1.807, 2.05) is 12.3 Å². The van der Waals surface area contributed by atoms with Crippen LogP contribution in [0, 0.1) is 5.92 Å². The van der Waals surface area contributed by atoms with Crippen LogP contribution in [-0.4, -0.2) is 57.9 Å². The van der Waals surface area contributed by atoms with Gasteiger partial charge in [-0.25, -0.2) is 9.07 Å². The molecule has 4 heterocycles. The largest absolute Gasteiger partial charge is 0.369 e. The Hall–Kier alpha value is -2.15. The molecule has 0 radical (unpaired) electrons. The van der Waals surface area contributed by atoms with Crippen LogP contribution >= 0.6 is 11.6 Å². The zero-order valence-electron chi connectivity index (χ0n) is 13.6. The standard InChI is InChI=1S/C17H19ClFN5O/c18-13-7-21-24(9-13)15-1-4-20-8-16(15)22-5-2-12(3-6-22)17-14(19)10-23(17)11-25/h1,4,7-9,11-12,14,17H,2-3,5-6,10H2. The van der Waals surface area contributed by atoms with Gasteiger partial charge in [0.05, 0.1) is 41.4 Å². The number of aromatic nitrogens is 3. The fourth-order valence-electron chi connectivity index (χ4n) is 3.91. The number of piperidine rings is 1. The molecule has 8 heteroatoms. The van der Waals surface area contributed by atoms with Crippen LogP contribution in [0.4, 0.5) is 10.1 Å². The summed E-state index contributed by atoms with van der Waals surface area (Å²) < 4.78 is 15.6. The molecule has 2 fully saturated rings. The van der Waals surface area contributed by atoms with Crippen molar-refractivity contribution in [1.29, 1.82) is 0 Å². The van der Waals surface area contributed by atoms with Crippen LogP contribution in [0.3, 0.4) is 0 Å². The third-order valence-electron chi connectivity index (χ3n) is 5.21. The van der Waals surface area contributed by atoms with Gasteiger partial charge in [-0.05, 0) is 24.8 Å². The molecule has 2 aliphatic rings. The minimum absolute atomic E-state index is 0.212. The highest BCUT2D eigenvalue weighted by atomic mass is 35.5. The maximum Gasteiger partial charge on any atom is 0.210 e. The van der Waals surface area contributed by atoms with E-state index in [1.54, 1.807) is 28.2 Å². The third kappa shape index (κ3) is 2.97. The van der Waals surface area contributed by atoms with E-state index in [0.29, 0.717) is 5.02 Å². The van der Waals surface area contributed by atoms with Crippen LogP contribution in [0.5, 0.6) is 0 Å². The van der Waals surface area contributed by atoms with Crippen molar-refractivity contribution in [2.24, 2.45) is 5.92 Å². The van der Waals surface area contributed by atoms with Crippen LogP contribution in [0.2, 0.25) is 5.02 Å². The van der Waals surface area contributed by atoms with Crippen LogP contribution in [0.1, 0.15) is 12.8 Å². The number of amides is 1. The van der Waals surface area contributed by atoms with Crippen LogP contribution in [0.25, 0.3) is 5.69 Å². The first-order valence-electron chi connectivity index (χ1n) is 8.42. The molecule has 0 saturated carbocycles. The van der Waals surface area contributed by atoms with Crippen molar-refractivity contribution in [3.63, 3.8) is 0 Å². The minimum atomic E-state index is -0.887. The maximum absolute atomic E-state index is 13.9. The van der Waals surface area contributed by atoms with Crippen molar-refractivity contribution < 1.29 is 9.18 Å². The summed E-state index contributed by atoms with van der Waals surface area (Å²) in [6.07, 6.45) is 8.50. The van der Waals surface area contributed by atoms with Gasteiger partial charge < -0.3 is 9.80 Å². The molecule has 132 valence electrons. The molecule has 2 saturated heterocycles. The number of likely N-dealkylation sites (tertiary alicyclic amines) is 1. The number of pyridine rings is 1. The van der Waals surface area contributed by atoms with Gasteiger partial charge in [0, 0.05) is 25.5 Å². The van der Waals surface area contributed by atoms with Crippen molar-refractivity contribution >= 4 is 23.7 Å². The highest BCUT2D eigenvalue weighted by Crippen LogP contribution is 2.35. The lowest BCUT2D eigenvalue weighted by molar-refractivity contribution is -0.135. The van der Waals surface area contributed by atoms with Crippen LogP contribution in [-0.2, 0) is 4.79 Å². The van der Waals surface area contributed by atoms with E-state index in [2.05, 4.69) is 15.0 Å². The topological polar surface area (TPSA) is 54.3 Å². The molecule has 0 aromatic carbocycles. The molecule has 2 atom stereocenters. The maximum atomic E-state index is 13.9. The first kappa shape index (κ1) is 16.3. The van der Waals surface area contributed by atoms with Crippen molar-refractivity contribution in [2.75, 3.05) is 24.5 Å². The monoisotopic (exact) mass is 363 g/mol. The quantitative estimate of drug-likeness (QED) is 0.782. The summed E-state index contributed by atoms with van der Waals surface area (Å²) in [4.78, 5) is 19.1. The normalized spacial score (nSPS) is 24.2. The second-order valence-corrected chi connectivity index (χ2v) is 7.04. The van der Waals surface area contributed by atoms with E-state index in [4.69, 9.17) is 11.6 Å². The lowest BCUT2D eigenvalue weighted by Crippen LogP contribution is -2.61. The molecule has 25 heavy (non-hydrogen) atoms. The molecule has 0 aliphatic carbocycles. The van der Waals surface area contributed by atoms with Gasteiger partial charge in [0.15, 0.2) is 0 Å². The van der Waals surface area contributed by atoms with Crippen molar-refractivity contribution in [2.45, 2.75) is 25.1 Å². The molecule has 2 aromatic rings. The van der Waals surface area contributed by atoms with Crippen molar-refractivity contribution in [1.82, 2.24) is 19.7 Å². The lowest BCUT2D eigenvalue weighted by atomic mass is 9.81. The zero-order valence-corrected chi connectivity index (χ0v) is 14.4. The minimum Gasteiger partial charge on any atom is -0.369 e. The van der Waals surface area contributed by atoms with Gasteiger partial charge in [0.1, 0.15) is 6.17 Å². The predicted molar refractivity (Wildman–Crippen MR) is 92.8 cm³/mol. The summed E-state index contributed by atoms with van der Waals surface area (Å²) in [5, 5.41) is 4.85. The Morgan fingerprint density at radius 2 is 2.04 bits per heavy atom. The summed E-state index contributed by atoms with van der Waals surface area (Å²) in [5.41, 5.74) is 1.90. The second kappa shape index (κ2) is 6.63. The van der Waals surface area contributed by atoms with Crippen molar-refractivity contribution in [3.05, 3.63) is 35.9 Å². The van der Waals surface area contributed by atoms with Gasteiger partial charge in [-0.15, -0.1) is 0 Å².